The van der Waals surface area contributed by atoms with Crippen molar-refractivity contribution in [3.8, 4) is 0 Å². The van der Waals surface area contributed by atoms with Crippen LogP contribution in [0.2, 0.25) is 0 Å². The molecule has 0 aliphatic carbocycles. The van der Waals surface area contributed by atoms with Crippen LogP contribution in [0.3, 0.4) is 0 Å². The van der Waals surface area contributed by atoms with Crippen molar-refractivity contribution < 1.29 is 57.0 Å². The van der Waals surface area contributed by atoms with Crippen molar-refractivity contribution >= 4 is 17.8 Å². The zero-order valence-corrected chi connectivity index (χ0v) is 37.1. The molecule has 344 valence electrons. The summed E-state index contributed by atoms with van der Waals surface area (Å²) in [6, 6.07) is 0. The zero-order valence-electron chi connectivity index (χ0n) is 37.1. The van der Waals surface area contributed by atoms with Crippen LogP contribution in [-0.2, 0) is 57.0 Å². The lowest BCUT2D eigenvalue weighted by atomic mass is 10.0. The summed E-state index contributed by atoms with van der Waals surface area (Å²) in [6.07, 6.45) is 18.0. The normalized spacial score (nSPS) is 11.6. The second-order valence-electron chi connectivity index (χ2n) is 15.2. The van der Waals surface area contributed by atoms with E-state index in [2.05, 4.69) is 16.0 Å². The lowest BCUT2D eigenvalue weighted by Crippen LogP contribution is -2.31. The molecule has 0 unspecified atom stereocenters. The highest BCUT2D eigenvalue weighted by Crippen LogP contribution is 2.15. The topological polar surface area (TPSA) is 170 Å². The first kappa shape index (κ1) is 56.0. The van der Waals surface area contributed by atoms with Gasteiger partial charge in [-0.3, -0.25) is 14.4 Å². The molecule has 0 radical (unpaired) electrons. The monoisotopic (exact) mass is 836 g/mol. The van der Waals surface area contributed by atoms with Crippen molar-refractivity contribution in [2.75, 3.05) is 132 Å². The fraction of sp³-hybridized carbons (Fsp3) is 0.930. The molecule has 2 amide bonds. The molecule has 0 rings (SSSR count). The number of rotatable bonds is 46. The summed E-state index contributed by atoms with van der Waals surface area (Å²) in [5, 5.41) is 8.67. The van der Waals surface area contributed by atoms with Gasteiger partial charge in [0.05, 0.1) is 99.1 Å². The molecule has 0 aromatic rings. The van der Waals surface area contributed by atoms with Gasteiger partial charge in [-0.05, 0) is 40.7 Å². The summed E-state index contributed by atoms with van der Waals surface area (Å²) in [6.45, 7) is 14.5. The molecule has 0 fully saturated rings. The van der Waals surface area contributed by atoms with E-state index in [0.717, 1.165) is 32.2 Å². The van der Waals surface area contributed by atoms with Gasteiger partial charge in [-0.1, -0.05) is 77.0 Å². The molecular weight excluding hydrogens is 750 g/mol. The molecule has 15 heteroatoms. The molecule has 0 saturated heterocycles. The summed E-state index contributed by atoms with van der Waals surface area (Å²) in [5.41, 5.74) is -0.382. The van der Waals surface area contributed by atoms with Crippen molar-refractivity contribution in [1.29, 1.82) is 0 Å². The molecule has 0 saturated carbocycles. The molecule has 58 heavy (non-hydrogen) atoms. The van der Waals surface area contributed by atoms with E-state index in [0.29, 0.717) is 125 Å². The standard InChI is InChI=1S/C43H85N3O12/c1-43(2,3)58-42(49)20-18-16-14-12-10-8-6-5-7-9-11-13-15-17-19-40(47)45-22-25-51-28-31-53-33-35-55-36-34-54-32-29-52-26-23-46-41(48)39-57-38-37-56-30-27-50-24-21-44-4/h44H,5-39H2,1-4H3,(H,45,47)(H,46,48). The van der Waals surface area contributed by atoms with Gasteiger partial charge in [-0.25, -0.2) is 0 Å². The molecule has 0 aromatic carbocycles. The predicted octanol–water partition coefficient (Wildman–Crippen LogP) is 5.15. The van der Waals surface area contributed by atoms with Crippen LogP contribution in [0.4, 0.5) is 0 Å². The zero-order chi connectivity index (χ0) is 42.5. The lowest BCUT2D eigenvalue weighted by Gasteiger charge is -2.19. The summed E-state index contributed by atoms with van der Waals surface area (Å²) >= 11 is 0. The van der Waals surface area contributed by atoms with Gasteiger partial charge < -0.3 is 58.6 Å². The quantitative estimate of drug-likeness (QED) is 0.0544. The highest BCUT2D eigenvalue weighted by Gasteiger charge is 2.15. The van der Waals surface area contributed by atoms with Gasteiger partial charge in [0.1, 0.15) is 12.2 Å². The van der Waals surface area contributed by atoms with E-state index in [-0.39, 0.29) is 30.0 Å². The number of amides is 2. The number of esters is 1. The molecule has 0 aliphatic rings. The number of likely N-dealkylation sites (N-methyl/N-ethyl adjacent to an activating group) is 1. The van der Waals surface area contributed by atoms with Crippen LogP contribution in [0.25, 0.3) is 0 Å². The average molecular weight is 836 g/mol. The number of hydrogen-bond acceptors (Lipinski definition) is 13. The van der Waals surface area contributed by atoms with Crippen LogP contribution < -0.4 is 16.0 Å². The molecule has 0 aromatic heterocycles. The van der Waals surface area contributed by atoms with Crippen LogP contribution in [0, 0.1) is 0 Å². The van der Waals surface area contributed by atoms with Crippen LogP contribution in [0.15, 0.2) is 0 Å². The highest BCUT2D eigenvalue weighted by atomic mass is 16.6. The van der Waals surface area contributed by atoms with E-state index in [4.69, 9.17) is 42.6 Å². The third-order valence-corrected chi connectivity index (χ3v) is 8.55. The Labute approximate surface area is 351 Å². The fourth-order valence-corrected chi connectivity index (χ4v) is 5.49. The number of unbranched alkanes of at least 4 members (excludes halogenated alkanes) is 13. The average Bonchev–Trinajstić information content (AvgIpc) is 3.18. The van der Waals surface area contributed by atoms with E-state index in [1.807, 2.05) is 27.8 Å². The first-order valence-corrected chi connectivity index (χ1v) is 22.3. The van der Waals surface area contributed by atoms with Gasteiger partial charge in [0.15, 0.2) is 0 Å². The Morgan fingerprint density at radius 1 is 0.379 bits per heavy atom. The van der Waals surface area contributed by atoms with Gasteiger partial charge in [0.25, 0.3) is 0 Å². The van der Waals surface area contributed by atoms with E-state index in [9.17, 15) is 14.4 Å². The van der Waals surface area contributed by atoms with E-state index in [1.54, 1.807) is 0 Å². The Morgan fingerprint density at radius 2 is 0.690 bits per heavy atom. The molecule has 0 heterocycles. The van der Waals surface area contributed by atoms with Crippen LogP contribution in [-0.4, -0.2) is 156 Å². The Kier molecular flexibility index (Phi) is 43.1. The first-order valence-electron chi connectivity index (χ1n) is 22.3. The summed E-state index contributed by atoms with van der Waals surface area (Å²) in [7, 11) is 1.87. The molecular formula is C43H85N3O12. The molecule has 0 spiro atoms. The Balaban J connectivity index is 3.23. The van der Waals surface area contributed by atoms with Gasteiger partial charge in [-0.15, -0.1) is 0 Å². The van der Waals surface area contributed by atoms with Crippen LogP contribution >= 0.6 is 0 Å². The van der Waals surface area contributed by atoms with Gasteiger partial charge >= 0.3 is 5.97 Å². The second kappa shape index (κ2) is 44.6. The Hall–Kier alpha value is -1.95. The van der Waals surface area contributed by atoms with Crippen LogP contribution in [0.5, 0.6) is 0 Å². The molecule has 0 bridgehead atoms. The number of carbonyl (C=O) groups is 3. The number of nitrogens with one attached hydrogen (secondary N) is 3. The highest BCUT2D eigenvalue weighted by molar-refractivity contribution is 5.77. The Morgan fingerprint density at radius 3 is 1.07 bits per heavy atom. The predicted molar refractivity (Wildman–Crippen MR) is 226 cm³/mol. The minimum absolute atomic E-state index is 0.0146. The van der Waals surface area contributed by atoms with Crippen molar-refractivity contribution in [1.82, 2.24) is 16.0 Å². The SMILES string of the molecule is CNCCOCCOCCOCC(=O)NCCOCCOCCOCCOCCOCCNC(=O)CCCCCCCCCCCCCCCCC(=O)OC(C)(C)C. The third-order valence-electron chi connectivity index (χ3n) is 8.55. The fourth-order valence-electron chi connectivity index (χ4n) is 5.49. The Bertz CT molecular complexity index is 910. The van der Waals surface area contributed by atoms with Gasteiger partial charge in [0, 0.05) is 32.5 Å². The maximum atomic E-state index is 12.1. The van der Waals surface area contributed by atoms with Gasteiger partial charge in [0.2, 0.25) is 11.8 Å². The molecule has 3 N–H and O–H groups in total. The number of ether oxygens (including phenoxy) is 9. The molecule has 0 atom stereocenters. The second-order valence-corrected chi connectivity index (χ2v) is 15.2. The summed E-state index contributed by atoms with van der Waals surface area (Å²) < 4.78 is 48.8. The van der Waals surface area contributed by atoms with Crippen molar-refractivity contribution in [3.63, 3.8) is 0 Å². The van der Waals surface area contributed by atoms with Crippen molar-refractivity contribution in [2.24, 2.45) is 0 Å². The lowest BCUT2D eigenvalue weighted by molar-refractivity contribution is -0.155. The minimum atomic E-state index is -0.382. The number of hydrogen-bond donors (Lipinski definition) is 3. The maximum absolute atomic E-state index is 12.1. The van der Waals surface area contributed by atoms with Crippen molar-refractivity contribution in [3.05, 3.63) is 0 Å². The van der Waals surface area contributed by atoms with E-state index < -0.39 is 0 Å². The van der Waals surface area contributed by atoms with E-state index in [1.165, 1.54) is 64.2 Å². The van der Waals surface area contributed by atoms with Gasteiger partial charge in [-0.2, -0.15) is 0 Å². The molecule has 15 nitrogen and oxygen atoms in total. The van der Waals surface area contributed by atoms with Crippen molar-refractivity contribution in [2.45, 2.75) is 129 Å². The first-order chi connectivity index (χ1) is 28.2. The summed E-state index contributed by atoms with van der Waals surface area (Å²) in [5.74, 6) is -0.178. The van der Waals surface area contributed by atoms with E-state index >= 15 is 0 Å². The maximum Gasteiger partial charge on any atom is 0.306 e. The smallest absolute Gasteiger partial charge is 0.306 e. The molecule has 0 aliphatic heterocycles. The minimum Gasteiger partial charge on any atom is -0.460 e. The third kappa shape index (κ3) is 48.4. The van der Waals surface area contributed by atoms with Crippen LogP contribution in [0.1, 0.15) is 124 Å². The number of carbonyl (C=O) groups excluding carboxylic acids is 3. The summed E-state index contributed by atoms with van der Waals surface area (Å²) in [4.78, 5) is 35.5. The largest absolute Gasteiger partial charge is 0.460 e.